The van der Waals surface area contributed by atoms with Crippen molar-refractivity contribution in [3.63, 3.8) is 0 Å². The van der Waals surface area contributed by atoms with Gasteiger partial charge in [0.05, 0.1) is 12.0 Å². The minimum Gasteiger partial charge on any atom is -0.325 e. The van der Waals surface area contributed by atoms with Gasteiger partial charge in [-0.3, -0.25) is 9.59 Å². The Kier molecular flexibility index (Phi) is 6.06. The first kappa shape index (κ1) is 20.4. The van der Waals surface area contributed by atoms with E-state index >= 15 is 0 Å². The Hall–Kier alpha value is -2.37. The smallest absolute Gasteiger partial charge is 0.238 e. The zero-order valence-electron chi connectivity index (χ0n) is 16.5. The van der Waals surface area contributed by atoms with Crippen molar-refractivity contribution < 1.29 is 9.59 Å². The summed E-state index contributed by atoms with van der Waals surface area (Å²) in [7, 11) is 3.69. The number of carbonyl (C=O) groups excluding carboxylic acids is 2. The normalized spacial score (nSPS) is 15.0. The number of hydrogen-bond acceptors (Lipinski definition) is 3. The van der Waals surface area contributed by atoms with Crippen LogP contribution in [-0.2, 0) is 15.0 Å². The number of aryl methyl sites for hydroxylation is 1. The number of anilines is 2. The van der Waals surface area contributed by atoms with Gasteiger partial charge in [0.2, 0.25) is 11.8 Å². The first-order valence-corrected chi connectivity index (χ1v) is 9.81. The van der Waals surface area contributed by atoms with Crippen LogP contribution in [0, 0.1) is 6.92 Å². The molecule has 0 aromatic heterocycles. The van der Waals surface area contributed by atoms with Crippen LogP contribution < -0.4 is 10.6 Å². The molecule has 3 rings (SSSR count). The lowest BCUT2D eigenvalue weighted by atomic mass is 9.64. The maximum Gasteiger partial charge on any atom is 0.238 e. The van der Waals surface area contributed by atoms with E-state index in [1.807, 2.05) is 68.4 Å². The van der Waals surface area contributed by atoms with Gasteiger partial charge in [-0.05, 0) is 69.3 Å². The molecule has 0 unspecified atom stereocenters. The summed E-state index contributed by atoms with van der Waals surface area (Å²) in [6.45, 7) is 2.23. The molecule has 5 nitrogen and oxygen atoms in total. The first-order valence-electron chi connectivity index (χ1n) is 9.43. The van der Waals surface area contributed by atoms with E-state index < -0.39 is 5.41 Å². The predicted molar refractivity (Wildman–Crippen MR) is 114 cm³/mol. The molecular formula is C22H26ClN3O2. The number of likely N-dealkylation sites (N-methyl/N-ethyl adjacent to an activating group) is 1. The molecule has 0 spiro atoms. The van der Waals surface area contributed by atoms with E-state index in [1.54, 1.807) is 0 Å². The van der Waals surface area contributed by atoms with Gasteiger partial charge in [0.1, 0.15) is 0 Å². The maximum atomic E-state index is 13.1. The summed E-state index contributed by atoms with van der Waals surface area (Å²) in [5, 5.41) is 6.62. The zero-order chi connectivity index (χ0) is 20.3. The highest BCUT2D eigenvalue weighted by Crippen LogP contribution is 2.45. The molecule has 148 valence electrons. The lowest BCUT2D eigenvalue weighted by Gasteiger charge is -2.40. The Morgan fingerprint density at radius 3 is 2.32 bits per heavy atom. The van der Waals surface area contributed by atoms with Crippen molar-refractivity contribution in [1.82, 2.24) is 4.90 Å². The molecular weight excluding hydrogens is 374 g/mol. The number of rotatable bonds is 6. The predicted octanol–water partition coefficient (Wildman–Crippen LogP) is 4.21. The highest BCUT2D eigenvalue weighted by atomic mass is 35.5. The Morgan fingerprint density at radius 1 is 1.07 bits per heavy atom. The number of carbonyl (C=O) groups is 2. The van der Waals surface area contributed by atoms with Crippen molar-refractivity contribution in [3.05, 3.63) is 58.6 Å². The van der Waals surface area contributed by atoms with E-state index in [9.17, 15) is 9.59 Å². The van der Waals surface area contributed by atoms with Crippen LogP contribution in [0.2, 0.25) is 5.02 Å². The van der Waals surface area contributed by atoms with Crippen molar-refractivity contribution in [2.45, 2.75) is 31.6 Å². The van der Waals surface area contributed by atoms with E-state index in [-0.39, 0.29) is 11.8 Å². The van der Waals surface area contributed by atoms with Gasteiger partial charge in [0, 0.05) is 16.4 Å². The summed E-state index contributed by atoms with van der Waals surface area (Å²) in [5.74, 6) is -0.108. The quantitative estimate of drug-likeness (QED) is 0.764. The summed E-state index contributed by atoms with van der Waals surface area (Å²) in [4.78, 5) is 27.0. The molecule has 1 fully saturated rings. The van der Waals surface area contributed by atoms with Crippen LogP contribution in [0.4, 0.5) is 11.4 Å². The van der Waals surface area contributed by atoms with Crippen LogP contribution in [-0.4, -0.2) is 37.4 Å². The molecule has 0 heterocycles. The van der Waals surface area contributed by atoms with E-state index in [2.05, 4.69) is 10.6 Å². The molecule has 0 bridgehead atoms. The summed E-state index contributed by atoms with van der Waals surface area (Å²) >= 11 is 6.00. The van der Waals surface area contributed by atoms with Gasteiger partial charge in [0.15, 0.2) is 0 Å². The molecule has 2 N–H and O–H groups in total. The van der Waals surface area contributed by atoms with Crippen molar-refractivity contribution in [2.75, 3.05) is 31.3 Å². The molecule has 28 heavy (non-hydrogen) atoms. The maximum absolute atomic E-state index is 13.1. The van der Waals surface area contributed by atoms with Crippen LogP contribution in [0.3, 0.4) is 0 Å². The topological polar surface area (TPSA) is 61.4 Å². The third kappa shape index (κ3) is 4.37. The largest absolute Gasteiger partial charge is 0.325 e. The van der Waals surface area contributed by atoms with Gasteiger partial charge in [0.25, 0.3) is 0 Å². The number of halogens is 1. The van der Waals surface area contributed by atoms with Crippen LogP contribution in [0.25, 0.3) is 0 Å². The summed E-state index contributed by atoms with van der Waals surface area (Å²) in [6, 6.07) is 13.1. The molecule has 0 atom stereocenters. The van der Waals surface area contributed by atoms with Crippen LogP contribution >= 0.6 is 11.6 Å². The summed E-state index contributed by atoms with van der Waals surface area (Å²) in [5.41, 5.74) is 2.81. The van der Waals surface area contributed by atoms with Crippen LogP contribution in [0.15, 0.2) is 42.5 Å². The van der Waals surface area contributed by atoms with Gasteiger partial charge in [-0.25, -0.2) is 0 Å². The molecule has 2 amide bonds. The van der Waals surface area contributed by atoms with Crippen LogP contribution in [0.5, 0.6) is 0 Å². The molecule has 6 heteroatoms. The second kappa shape index (κ2) is 8.33. The number of nitrogens with one attached hydrogen (secondary N) is 2. The Labute approximate surface area is 171 Å². The van der Waals surface area contributed by atoms with Gasteiger partial charge in [-0.2, -0.15) is 0 Å². The lowest BCUT2D eigenvalue weighted by Crippen LogP contribution is -2.46. The number of nitrogens with zero attached hydrogens (tertiary/aromatic N) is 1. The average Bonchev–Trinajstić information content (AvgIpc) is 2.58. The van der Waals surface area contributed by atoms with E-state index in [1.165, 1.54) is 0 Å². The minimum absolute atomic E-state index is 0.0181. The third-order valence-corrected chi connectivity index (χ3v) is 5.52. The number of amides is 2. The van der Waals surface area contributed by atoms with Gasteiger partial charge >= 0.3 is 0 Å². The fraction of sp³-hybridized carbons (Fsp3) is 0.364. The molecule has 2 aromatic rings. The Balaban J connectivity index is 1.77. The second-order valence-corrected chi connectivity index (χ2v) is 8.15. The van der Waals surface area contributed by atoms with E-state index in [0.29, 0.717) is 22.9 Å². The van der Waals surface area contributed by atoms with Gasteiger partial charge in [-0.1, -0.05) is 36.2 Å². The highest BCUT2D eigenvalue weighted by Gasteiger charge is 2.45. The number of hydrogen-bond donors (Lipinski definition) is 2. The average molecular weight is 400 g/mol. The lowest BCUT2D eigenvalue weighted by molar-refractivity contribution is -0.124. The van der Waals surface area contributed by atoms with E-state index in [4.69, 9.17) is 11.6 Å². The molecule has 2 aromatic carbocycles. The standard InChI is InChI=1S/C22H26ClN3O2/c1-15-5-10-18(13-19(15)25-20(27)14-26(2)3)24-21(28)22(11-4-12-22)16-6-8-17(23)9-7-16/h5-10,13H,4,11-12,14H2,1-3H3,(H,24,28)(H,25,27). The van der Waals surface area contributed by atoms with Crippen molar-refractivity contribution in [1.29, 1.82) is 0 Å². The SMILES string of the molecule is Cc1ccc(NC(=O)C2(c3ccc(Cl)cc3)CCC2)cc1NC(=O)CN(C)C. The van der Waals surface area contributed by atoms with Crippen molar-refractivity contribution in [3.8, 4) is 0 Å². The summed E-state index contributed by atoms with van der Waals surface area (Å²) < 4.78 is 0. The molecule has 1 aliphatic carbocycles. The fourth-order valence-corrected chi connectivity index (χ4v) is 3.63. The van der Waals surface area contributed by atoms with Gasteiger partial charge < -0.3 is 15.5 Å². The zero-order valence-corrected chi connectivity index (χ0v) is 17.3. The second-order valence-electron chi connectivity index (χ2n) is 7.71. The highest BCUT2D eigenvalue weighted by molar-refractivity contribution is 6.30. The van der Waals surface area contributed by atoms with E-state index in [0.717, 1.165) is 30.4 Å². The first-order chi connectivity index (χ1) is 13.3. The number of benzene rings is 2. The van der Waals surface area contributed by atoms with Gasteiger partial charge in [-0.15, -0.1) is 0 Å². The summed E-state index contributed by atoms with van der Waals surface area (Å²) in [6.07, 6.45) is 2.66. The Bertz CT molecular complexity index is 874. The van der Waals surface area contributed by atoms with Crippen molar-refractivity contribution in [2.24, 2.45) is 0 Å². The third-order valence-electron chi connectivity index (χ3n) is 5.27. The van der Waals surface area contributed by atoms with Crippen molar-refractivity contribution >= 4 is 34.8 Å². The minimum atomic E-state index is -0.510. The molecule has 0 radical (unpaired) electrons. The van der Waals surface area contributed by atoms with Crippen LogP contribution in [0.1, 0.15) is 30.4 Å². The molecule has 0 aliphatic heterocycles. The fourth-order valence-electron chi connectivity index (χ4n) is 3.51. The molecule has 1 aliphatic rings. The monoisotopic (exact) mass is 399 g/mol. The molecule has 0 saturated heterocycles. The Morgan fingerprint density at radius 2 is 1.75 bits per heavy atom. The molecule has 1 saturated carbocycles.